The van der Waals surface area contributed by atoms with E-state index in [0.29, 0.717) is 5.75 Å². The second kappa shape index (κ2) is 4.93. The van der Waals surface area contributed by atoms with Crippen LogP contribution in [0.5, 0.6) is 5.75 Å². The molecule has 0 unspecified atom stereocenters. The number of rotatable bonds is 0. The van der Waals surface area contributed by atoms with Crippen molar-refractivity contribution in [2.45, 2.75) is 0 Å². The first kappa shape index (κ1) is 10.2. The summed E-state index contributed by atoms with van der Waals surface area (Å²) in [7, 11) is 0. The molecule has 2 N–H and O–H groups in total. The number of nitrogens with zero attached hydrogens (tertiary/aromatic N) is 2. The van der Waals surface area contributed by atoms with Crippen LogP contribution in [0.25, 0.3) is 10.8 Å². The van der Waals surface area contributed by atoms with Crippen molar-refractivity contribution in [1.82, 2.24) is 15.4 Å². The topological polar surface area (TPSA) is 61.8 Å². The highest BCUT2D eigenvalue weighted by Crippen LogP contribution is 2.22. The van der Waals surface area contributed by atoms with E-state index in [4.69, 9.17) is 0 Å². The molecule has 0 bridgehead atoms. The van der Waals surface area contributed by atoms with E-state index < -0.39 is 0 Å². The number of phenols is 1. The molecule has 0 fully saturated rings. The monoisotopic (exact) mass is 213 g/mol. The second-order valence-corrected chi connectivity index (χ2v) is 3.15. The lowest BCUT2D eigenvalue weighted by Gasteiger charge is -1.97. The van der Waals surface area contributed by atoms with Gasteiger partial charge in [0.2, 0.25) is 0 Å². The second-order valence-electron chi connectivity index (χ2n) is 3.15. The van der Waals surface area contributed by atoms with Gasteiger partial charge in [0, 0.05) is 5.39 Å². The molecule has 4 nitrogen and oxygen atoms in total. The van der Waals surface area contributed by atoms with Crippen molar-refractivity contribution in [1.29, 1.82) is 0 Å². The van der Waals surface area contributed by atoms with Gasteiger partial charge in [-0.25, -0.2) is 0 Å². The van der Waals surface area contributed by atoms with Crippen LogP contribution in [0.3, 0.4) is 0 Å². The molecule has 1 aromatic heterocycles. The van der Waals surface area contributed by atoms with Gasteiger partial charge in [-0.15, -0.1) is 0 Å². The number of hydrogen-bond acceptors (Lipinski definition) is 3. The summed E-state index contributed by atoms with van der Waals surface area (Å²) in [5.41, 5.74) is 0. The summed E-state index contributed by atoms with van der Waals surface area (Å²) in [6.45, 7) is 0. The van der Waals surface area contributed by atoms with Crippen LogP contribution in [0.4, 0.5) is 0 Å². The van der Waals surface area contributed by atoms with E-state index in [9.17, 15) is 5.11 Å². The smallest absolute Gasteiger partial charge is 0.123 e. The summed E-state index contributed by atoms with van der Waals surface area (Å²) in [6.07, 6.45) is 3.17. The molecule has 2 aromatic carbocycles. The maximum Gasteiger partial charge on any atom is 0.123 e. The quantitative estimate of drug-likeness (QED) is 0.602. The molecule has 0 aliphatic rings. The predicted octanol–water partition coefficient (Wildman–Crippen LogP) is 2.35. The molecule has 0 aliphatic heterocycles. The summed E-state index contributed by atoms with van der Waals surface area (Å²) in [6, 6.07) is 13.3. The summed E-state index contributed by atoms with van der Waals surface area (Å²) in [5, 5.41) is 20.7. The lowest BCUT2D eigenvalue weighted by atomic mass is 10.1. The molecule has 0 radical (unpaired) electrons. The zero-order valence-corrected chi connectivity index (χ0v) is 8.54. The van der Waals surface area contributed by atoms with Gasteiger partial charge >= 0.3 is 0 Å². The van der Waals surface area contributed by atoms with Crippen LogP contribution in [0, 0.1) is 0 Å². The number of nitrogens with one attached hydrogen (secondary N) is 1. The lowest BCUT2D eigenvalue weighted by Crippen LogP contribution is -1.70. The van der Waals surface area contributed by atoms with Crippen LogP contribution in [0.2, 0.25) is 0 Å². The molecule has 1 heterocycles. The van der Waals surface area contributed by atoms with E-state index in [1.807, 2.05) is 36.4 Å². The standard InChI is InChI=1S/C10H8O.C2H3N3/c11-10-7-3-5-8-4-1-2-6-9(8)10;1-2-4-5-3-1/h1-7,11H;1-2H,(H,3,4,5). The van der Waals surface area contributed by atoms with Crippen molar-refractivity contribution in [3.63, 3.8) is 0 Å². The summed E-state index contributed by atoms with van der Waals surface area (Å²) in [5.74, 6) is 0.350. The molecule has 0 amide bonds. The van der Waals surface area contributed by atoms with E-state index in [0.717, 1.165) is 10.8 Å². The molecule has 0 aliphatic carbocycles. The highest BCUT2D eigenvalue weighted by atomic mass is 16.3. The van der Waals surface area contributed by atoms with Crippen LogP contribution >= 0.6 is 0 Å². The Morgan fingerprint density at radius 3 is 2.19 bits per heavy atom. The number of aromatic hydroxyl groups is 1. The van der Waals surface area contributed by atoms with Gasteiger partial charge in [-0.05, 0) is 11.5 Å². The minimum Gasteiger partial charge on any atom is -0.507 e. The van der Waals surface area contributed by atoms with Crippen molar-refractivity contribution in [3.8, 4) is 5.75 Å². The summed E-state index contributed by atoms with van der Waals surface area (Å²) >= 11 is 0. The average Bonchev–Trinajstić information content (AvgIpc) is 2.88. The van der Waals surface area contributed by atoms with Crippen molar-refractivity contribution in [3.05, 3.63) is 54.9 Å². The average molecular weight is 213 g/mol. The molecule has 0 spiro atoms. The maximum atomic E-state index is 9.37. The highest BCUT2D eigenvalue weighted by Gasteiger charge is 1.94. The molecule has 3 aromatic rings. The molecule has 0 atom stereocenters. The molecule has 0 saturated carbocycles. The molecule has 80 valence electrons. The van der Waals surface area contributed by atoms with Gasteiger partial charge in [0.15, 0.2) is 0 Å². The van der Waals surface area contributed by atoms with Gasteiger partial charge < -0.3 is 5.11 Å². The number of aromatic amines is 1. The Bertz CT molecular complexity index is 526. The van der Waals surface area contributed by atoms with Crippen LogP contribution in [0.1, 0.15) is 0 Å². The summed E-state index contributed by atoms with van der Waals surface area (Å²) in [4.78, 5) is 0. The zero-order valence-electron chi connectivity index (χ0n) is 8.54. The molecular formula is C12H11N3O. The fourth-order valence-corrected chi connectivity index (χ4v) is 1.37. The van der Waals surface area contributed by atoms with Crippen molar-refractivity contribution < 1.29 is 5.11 Å². The Balaban J connectivity index is 0.000000162. The first-order valence-corrected chi connectivity index (χ1v) is 4.84. The Morgan fingerprint density at radius 2 is 1.56 bits per heavy atom. The van der Waals surface area contributed by atoms with E-state index in [1.54, 1.807) is 18.5 Å². The fraction of sp³-hybridized carbons (Fsp3) is 0. The Hall–Kier alpha value is -2.36. The number of hydrogen-bond donors (Lipinski definition) is 2. The number of fused-ring (bicyclic) bond motifs is 1. The van der Waals surface area contributed by atoms with Crippen molar-refractivity contribution in [2.75, 3.05) is 0 Å². The first-order valence-electron chi connectivity index (χ1n) is 4.84. The van der Waals surface area contributed by atoms with Gasteiger partial charge in [-0.3, -0.25) is 0 Å². The summed E-state index contributed by atoms with van der Waals surface area (Å²) < 4.78 is 0. The van der Waals surface area contributed by atoms with E-state index in [2.05, 4.69) is 15.4 Å². The Labute approximate surface area is 92.6 Å². The first-order chi connectivity index (χ1) is 7.88. The molecule has 0 saturated heterocycles. The SMILES string of the molecule is Oc1cccc2ccccc12.c1cn[nH]n1. The Kier molecular flexibility index (Phi) is 3.13. The van der Waals surface area contributed by atoms with E-state index >= 15 is 0 Å². The molecule has 3 rings (SSSR count). The van der Waals surface area contributed by atoms with Crippen molar-refractivity contribution in [2.24, 2.45) is 0 Å². The van der Waals surface area contributed by atoms with Crippen LogP contribution in [-0.4, -0.2) is 20.5 Å². The minimum absolute atomic E-state index is 0.350. The minimum atomic E-state index is 0.350. The van der Waals surface area contributed by atoms with Gasteiger partial charge in [0.25, 0.3) is 0 Å². The third kappa shape index (κ3) is 2.36. The van der Waals surface area contributed by atoms with Crippen LogP contribution in [0.15, 0.2) is 54.9 Å². The van der Waals surface area contributed by atoms with Gasteiger partial charge in [-0.1, -0.05) is 36.4 Å². The third-order valence-electron chi connectivity index (χ3n) is 2.10. The zero-order chi connectivity index (χ0) is 11.2. The number of benzene rings is 2. The predicted molar refractivity (Wildman–Crippen MR) is 62.0 cm³/mol. The molecule has 16 heavy (non-hydrogen) atoms. The molecule has 4 heteroatoms. The largest absolute Gasteiger partial charge is 0.507 e. The normalized spacial score (nSPS) is 9.50. The van der Waals surface area contributed by atoms with Gasteiger partial charge in [0.05, 0.1) is 12.4 Å². The molecular weight excluding hydrogens is 202 g/mol. The van der Waals surface area contributed by atoms with E-state index in [-0.39, 0.29) is 0 Å². The number of phenolic OH excluding ortho intramolecular Hbond substituents is 1. The fourth-order valence-electron chi connectivity index (χ4n) is 1.37. The number of H-pyrrole nitrogens is 1. The van der Waals surface area contributed by atoms with Gasteiger partial charge in [-0.2, -0.15) is 15.4 Å². The Morgan fingerprint density at radius 1 is 0.875 bits per heavy atom. The van der Waals surface area contributed by atoms with Crippen molar-refractivity contribution >= 4 is 10.8 Å². The van der Waals surface area contributed by atoms with E-state index in [1.165, 1.54) is 0 Å². The van der Waals surface area contributed by atoms with Gasteiger partial charge in [0.1, 0.15) is 5.75 Å². The highest BCUT2D eigenvalue weighted by molar-refractivity contribution is 5.87. The maximum absolute atomic E-state index is 9.37. The van der Waals surface area contributed by atoms with Crippen LogP contribution < -0.4 is 0 Å². The number of aromatic nitrogens is 3. The lowest BCUT2D eigenvalue weighted by molar-refractivity contribution is 0.481. The third-order valence-corrected chi connectivity index (χ3v) is 2.10. The van der Waals surface area contributed by atoms with Crippen LogP contribution in [-0.2, 0) is 0 Å².